The lowest BCUT2D eigenvalue weighted by molar-refractivity contribution is -0.274. The van der Waals surface area contributed by atoms with E-state index in [1.165, 1.54) is 47.0 Å². The second-order valence-electron chi connectivity index (χ2n) is 10.0. The number of methoxy groups -OCH3 is 1. The van der Waals surface area contributed by atoms with E-state index in [9.17, 15) is 18.0 Å². The third-order valence-corrected chi connectivity index (χ3v) is 7.97. The van der Waals surface area contributed by atoms with Crippen LogP contribution in [0.5, 0.6) is 11.5 Å². The van der Waals surface area contributed by atoms with Crippen molar-refractivity contribution in [1.29, 1.82) is 0 Å². The number of aryl methyl sites for hydroxylation is 2. The van der Waals surface area contributed by atoms with E-state index in [0.29, 0.717) is 34.1 Å². The molecule has 1 aromatic heterocycles. The number of hydrogen-bond acceptors (Lipinski definition) is 7. The molecular weight excluding hydrogens is 626 g/mol. The van der Waals surface area contributed by atoms with Crippen molar-refractivity contribution in [1.82, 2.24) is 20.1 Å². The minimum absolute atomic E-state index is 0.0434. The first-order valence-electron chi connectivity index (χ1n) is 13.9. The Kier molecular flexibility index (Phi) is 10.0. The lowest BCUT2D eigenvalue weighted by atomic mass is 10.1. The van der Waals surface area contributed by atoms with Gasteiger partial charge in [0.05, 0.1) is 24.2 Å². The van der Waals surface area contributed by atoms with Crippen LogP contribution in [0, 0.1) is 6.92 Å². The van der Waals surface area contributed by atoms with Gasteiger partial charge in [0.25, 0.3) is 0 Å². The van der Waals surface area contributed by atoms with Crippen molar-refractivity contribution in [2.75, 3.05) is 24.3 Å². The van der Waals surface area contributed by atoms with Crippen LogP contribution in [0.3, 0.4) is 0 Å². The van der Waals surface area contributed by atoms with Crippen LogP contribution >= 0.6 is 24.0 Å². The number of halogens is 3. The zero-order valence-electron chi connectivity index (χ0n) is 24.4. The van der Waals surface area contributed by atoms with Gasteiger partial charge in [0, 0.05) is 12.1 Å². The van der Waals surface area contributed by atoms with E-state index in [4.69, 9.17) is 17.0 Å². The lowest BCUT2D eigenvalue weighted by Gasteiger charge is -2.19. The van der Waals surface area contributed by atoms with Crippen LogP contribution in [0.2, 0.25) is 0 Å². The van der Waals surface area contributed by atoms with Gasteiger partial charge in [-0.25, -0.2) is 9.67 Å². The van der Waals surface area contributed by atoms with Crippen molar-refractivity contribution in [2.24, 2.45) is 4.99 Å². The fraction of sp³-hybridized carbons (Fsp3) is 0.258. The molecule has 234 valence electrons. The van der Waals surface area contributed by atoms with Gasteiger partial charge in [-0.2, -0.15) is 4.99 Å². The standard InChI is InChI=1S/C31H29F3N6O3S2/c1-20-17-25(42-2)14-15-26(20)40-27(41)18-45-30(40)37-29(44)35-16-4-3-5-21-6-8-22(9-7-21)28-36-19-39(38-28)23-10-12-24(13-11-23)43-31(32,33)34/h6-15,17,19H,3-5,16,18H2,1-2H3,(H,35,44). The number of amidine groups is 1. The number of rotatable bonds is 10. The molecule has 45 heavy (non-hydrogen) atoms. The molecule has 4 aromatic rings. The Balaban J connectivity index is 1.08. The van der Waals surface area contributed by atoms with Crippen LogP contribution in [-0.4, -0.2) is 56.7 Å². The second-order valence-corrected chi connectivity index (χ2v) is 11.3. The van der Waals surface area contributed by atoms with E-state index in [1.54, 1.807) is 12.0 Å². The summed E-state index contributed by atoms with van der Waals surface area (Å²) in [6.45, 7) is 2.57. The monoisotopic (exact) mass is 654 g/mol. The van der Waals surface area contributed by atoms with Gasteiger partial charge in [-0.15, -0.1) is 18.3 Å². The van der Waals surface area contributed by atoms with Crippen LogP contribution < -0.4 is 19.7 Å². The van der Waals surface area contributed by atoms with Crippen molar-refractivity contribution in [3.05, 3.63) is 84.2 Å². The van der Waals surface area contributed by atoms with Crippen molar-refractivity contribution in [3.8, 4) is 28.6 Å². The molecule has 0 unspecified atom stereocenters. The van der Waals surface area contributed by atoms with Gasteiger partial charge in [-0.3, -0.25) is 9.69 Å². The van der Waals surface area contributed by atoms with Gasteiger partial charge >= 0.3 is 6.36 Å². The summed E-state index contributed by atoms with van der Waals surface area (Å²) < 4.78 is 47.9. The van der Waals surface area contributed by atoms with E-state index < -0.39 is 6.36 Å². The van der Waals surface area contributed by atoms with Gasteiger partial charge in [0.15, 0.2) is 16.1 Å². The van der Waals surface area contributed by atoms with Gasteiger partial charge in [0.2, 0.25) is 5.91 Å². The molecule has 14 heteroatoms. The number of aromatic nitrogens is 3. The fourth-order valence-corrected chi connectivity index (χ4v) is 5.72. The Morgan fingerprint density at radius 1 is 1.07 bits per heavy atom. The lowest BCUT2D eigenvalue weighted by Crippen LogP contribution is -2.32. The van der Waals surface area contributed by atoms with Crippen LogP contribution in [0.25, 0.3) is 17.1 Å². The number of carbonyl (C=O) groups excluding carboxylic acids is 1. The van der Waals surface area contributed by atoms with Crippen molar-refractivity contribution in [2.45, 2.75) is 32.5 Å². The highest BCUT2D eigenvalue weighted by atomic mass is 32.2. The van der Waals surface area contributed by atoms with E-state index >= 15 is 0 Å². The minimum atomic E-state index is -4.74. The number of thioether (sulfide) groups is 1. The molecule has 0 bridgehead atoms. The van der Waals surface area contributed by atoms with Gasteiger partial charge < -0.3 is 14.8 Å². The van der Waals surface area contributed by atoms with Crippen LogP contribution in [0.15, 0.2) is 78.0 Å². The minimum Gasteiger partial charge on any atom is -0.497 e. The quantitative estimate of drug-likeness (QED) is 0.153. The van der Waals surface area contributed by atoms with Crippen molar-refractivity contribution >= 4 is 45.9 Å². The zero-order valence-corrected chi connectivity index (χ0v) is 26.0. The number of nitrogens with zero attached hydrogens (tertiary/aromatic N) is 5. The third kappa shape index (κ3) is 8.39. The first-order chi connectivity index (χ1) is 21.6. The van der Waals surface area contributed by atoms with Crippen LogP contribution in [0.4, 0.5) is 18.9 Å². The number of alkyl halides is 3. The molecule has 5 rings (SSSR count). The molecule has 0 saturated carbocycles. The summed E-state index contributed by atoms with van der Waals surface area (Å²) >= 11 is 6.80. The average molecular weight is 655 g/mol. The molecule has 1 aliphatic rings. The largest absolute Gasteiger partial charge is 0.573 e. The van der Waals surface area contributed by atoms with E-state index in [0.717, 1.165) is 47.4 Å². The number of amides is 1. The number of hydrogen-bond donors (Lipinski definition) is 1. The maximum absolute atomic E-state index is 12.6. The Bertz CT molecular complexity index is 1690. The molecule has 0 aliphatic carbocycles. The summed E-state index contributed by atoms with van der Waals surface area (Å²) in [4.78, 5) is 23.1. The van der Waals surface area contributed by atoms with Crippen LogP contribution in [0.1, 0.15) is 24.0 Å². The van der Waals surface area contributed by atoms with Gasteiger partial charge in [-0.1, -0.05) is 36.0 Å². The number of anilines is 1. The predicted molar refractivity (Wildman–Crippen MR) is 172 cm³/mol. The summed E-state index contributed by atoms with van der Waals surface area (Å²) in [5.74, 6) is 1.18. The van der Waals surface area contributed by atoms with Crippen LogP contribution in [-0.2, 0) is 11.2 Å². The normalized spacial score (nSPS) is 14.2. The number of carbonyl (C=O) groups is 1. The zero-order chi connectivity index (χ0) is 32.0. The van der Waals surface area contributed by atoms with Gasteiger partial charge in [0.1, 0.15) is 17.8 Å². The molecule has 1 aliphatic heterocycles. The van der Waals surface area contributed by atoms with E-state index in [-0.39, 0.29) is 11.7 Å². The third-order valence-electron chi connectivity index (χ3n) is 6.81. The number of benzene rings is 3. The Hall–Kier alpha value is -4.43. The highest BCUT2D eigenvalue weighted by molar-refractivity contribution is 8.15. The smallest absolute Gasteiger partial charge is 0.497 e. The number of aliphatic imine (C=N–C) groups is 1. The number of nitrogens with one attached hydrogen (secondary N) is 1. The number of thiocarbonyl (C=S) groups is 1. The maximum Gasteiger partial charge on any atom is 0.573 e. The van der Waals surface area contributed by atoms with Crippen molar-refractivity contribution in [3.63, 3.8) is 0 Å². The summed E-state index contributed by atoms with van der Waals surface area (Å²) in [5.41, 5.74) is 4.20. The molecular formula is C31H29F3N6O3S2. The second kappa shape index (κ2) is 14.1. The Morgan fingerprint density at radius 2 is 1.80 bits per heavy atom. The maximum atomic E-state index is 12.6. The molecule has 9 nitrogen and oxygen atoms in total. The van der Waals surface area contributed by atoms with Gasteiger partial charge in [-0.05, 0) is 92.0 Å². The molecule has 1 N–H and O–H groups in total. The van der Waals surface area contributed by atoms with Crippen molar-refractivity contribution < 1.29 is 27.4 Å². The first-order valence-corrected chi connectivity index (χ1v) is 15.3. The summed E-state index contributed by atoms with van der Waals surface area (Å²) in [7, 11) is 1.60. The SMILES string of the molecule is COc1ccc(N2C(=O)CSC2=NC(=S)NCCCCc2ccc(-c3ncn(-c4ccc(OC(F)(F)F)cc4)n3)cc2)c(C)c1. The summed E-state index contributed by atoms with van der Waals surface area (Å²) in [5, 5.41) is 8.51. The predicted octanol–water partition coefficient (Wildman–Crippen LogP) is 6.48. The Morgan fingerprint density at radius 3 is 2.49 bits per heavy atom. The van der Waals surface area contributed by atoms with E-state index in [2.05, 4.69) is 25.1 Å². The molecule has 2 heterocycles. The average Bonchev–Trinajstić information content (AvgIpc) is 3.64. The highest BCUT2D eigenvalue weighted by Crippen LogP contribution is 2.31. The topological polar surface area (TPSA) is 93.9 Å². The molecule has 1 amide bonds. The molecule has 1 fully saturated rings. The molecule has 0 spiro atoms. The Labute approximate surface area is 267 Å². The number of ether oxygens (including phenoxy) is 2. The highest BCUT2D eigenvalue weighted by Gasteiger charge is 2.32. The van der Waals surface area contributed by atoms with E-state index in [1.807, 2.05) is 49.4 Å². The first kappa shape index (κ1) is 32.0. The number of unbranched alkanes of at least 4 members (excludes halogenated alkanes) is 1. The summed E-state index contributed by atoms with van der Waals surface area (Å²) in [6, 6.07) is 18.9. The molecule has 0 atom stereocenters. The molecule has 3 aromatic carbocycles. The molecule has 0 radical (unpaired) electrons. The molecule has 1 saturated heterocycles. The summed E-state index contributed by atoms with van der Waals surface area (Å²) in [6.07, 6.45) is -0.568. The fourth-order valence-electron chi connectivity index (χ4n) is 4.60.